The molecule has 0 radical (unpaired) electrons. The third-order valence-electron chi connectivity index (χ3n) is 4.15. The van der Waals surface area contributed by atoms with Crippen molar-refractivity contribution in [2.45, 2.75) is 20.5 Å². The van der Waals surface area contributed by atoms with Crippen LogP contribution in [0.5, 0.6) is 0 Å². The van der Waals surface area contributed by atoms with Gasteiger partial charge in [0.2, 0.25) is 0 Å². The first-order valence-electron chi connectivity index (χ1n) is 6.89. The van der Waals surface area contributed by atoms with E-state index in [0.717, 1.165) is 0 Å². The Morgan fingerprint density at radius 2 is 1.78 bits per heavy atom. The molecule has 0 heterocycles. The van der Waals surface area contributed by atoms with E-state index < -0.39 is 52.7 Å². The molecule has 1 saturated carbocycles. The van der Waals surface area contributed by atoms with E-state index in [1.54, 1.807) is 6.08 Å². The fourth-order valence-electron chi connectivity index (χ4n) is 2.63. The summed E-state index contributed by atoms with van der Waals surface area (Å²) in [5, 5.41) is 0. The molecule has 0 aliphatic heterocycles. The van der Waals surface area contributed by atoms with Crippen LogP contribution >= 0.6 is 0 Å². The van der Waals surface area contributed by atoms with Gasteiger partial charge in [-0.05, 0) is 17.4 Å². The molecule has 0 spiro atoms. The Bertz CT molecular complexity index is 629. The lowest BCUT2D eigenvalue weighted by atomic mass is 10.1. The first-order chi connectivity index (χ1) is 10.7. The maximum Gasteiger partial charge on any atom is 0.310 e. The van der Waals surface area contributed by atoms with E-state index in [1.807, 2.05) is 13.8 Å². The van der Waals surface area contributed by atoms with Crippen molar-refractivity contribution in [2.24, 2.45) is 17.3 Å². The molecule has 23 heavy (non-hydrogen) atoms. The number of rotatable bonds is 5. The van der Waals surface area contributed by atoms with Crippen LogP contribution in [0.3, 0.4) is 0 Å². The van der Waals surface area contributed by atoms with E-state index in [-0.39, 0.29) is 12.0 Å². The third kappa shape index (κ3) is 3.18. The van der Waals surface area contributed by atoms with E-state index in [4.69, 9.17) is 9.47 Å². The van der Waals surface area contributed by atoms with Crippen molar-refractivity contribution in [3.63, 3.8) is 0 Å². The van der Waals surface area contributed by atoms with Gasteiger partial charge in [0.05, 0.1) is 24.9 Å². The van der Waals surface area contributed by atoms with Gasteiger partial charge in [-0.3, -0.25) is 4.79 Å². The highest BCUT2D eigenvalue weighted by molar-refractivity contribution is 5.78. The van der Waals surface area contributed by atoms with Crippen molar-refractivity contribution in [3.05, 3.63) is 47.2 Å². The summed E-state index contributed by atoms with van der Waals surface area (Å²) < 4.78 is 62.8. The van der Waals surface area contributed by atoms with Crippen molar-refractivity contribution in [2.75, 3.05) is 7.11 Å². The van der Waals surface area contributed by atoms with E-state index in [9.17, 15) is 22.4 Å². The van der Waals surface area contributed by atoms with Crippen LogP contribution in [0, 0.1) is 40.5 Å². The molecule has 2 rings (SSSR count). The maximum atomic E-state index is 13.5. The zero-order valence-corrected chi connectivity index (χ0v) is 12.8. The second kappa shape index (κ2) is 6.22. The summed E-state index contributed by atoms with van der Waals surface area (Å²) in [6, 6.07) is 0.103. The summed E-state index contributed by atoms with van der Waals surface area (Å²) >= 11 is 0. The van der Waals surface area contributed by atoms with Gasteiger partial charge in [-0.1, -0.05) is 13.8 Å². The number of esters is 1. The molecular weight excluding hydrogens is 316 g/mol. The van der Waals surface area contributed by atoms with E-state index in [0.29, 0.717) is 0 Å². The summed E-state index contributed by atoms with van der Waals surface area (Å²) in [5.74, 6) is -7.56. The summed E-state index contributed by atoms with van der Waals surface area (Å²) in [6.07, 6.45) is 3.12. The van der Waals surface area contributed by atoms with Crippen LogP contribution in [-0.2, 0) is 20.9 Å². The molecule has 0 unspecified atom stereocenters. The summed E-state index contributed by atoms with van der Waals surface area (Å²) in [4.78, 5) is 12.0. The number of hydrogen-bond acceptors (Lipinski definition) is 3. The van der Waals surface area contributed by atoms with Crippen molar-refractivity contribution in [1.82, 2.24) is 0 Å². The fourth-order valence-corrected chi connectivity index (χ4v) is 2.63. The first kappa shape index (κ1) is 17.3. The molecule has 0 aromatic heterocycles. The SMILES string of the molecule is CO/C=C\[C@@H]1[C@@H](C(=O)OCc2c(F)c(F)cc(F)c2F)C1(C)C. The summed E-state index contributed by atoms with van der Waals surface area (Å²) in [7, 11) is 1.46. The second-order valence-corrected chi connectivity index (χ2v) is 5.94. The van der Waals surface area contributed by atoms with Crippen LogP contribution < -0.4 is 0 Å². The number of allylic oxidation sites excluding steroid dienone is 1. The fraction of sp³-hybridized carbons (Fsp3) is 0.438. The van der Waals surface area contributed by atoms with Crippen LogP contribution in [0.4, 0.5) is 17.6 Å². The predicted molar refractivity (Wildman–Crippen MR) is 73.0 cm³/mol. The van der Waals surface area contributed by atoms with Crippen LogP contribution in [0.15, 0.2) is 18.4 Å². The highest BCUT2D eigenvalue weighted by Gasteiger charge is 2.61. The lowest BCUT2D eigenvalue weighted by molar-refractivity contribution is -0.147. The van der Waals surface area contributed by atoms with Crippen molar-refractivity contribution < 1.29 is 31.8 Å². The average molecular weight is 332 g/mol. The molecule has 0 amide bonds. The molecule has 1 fully saturated rings. The molecule has 0 N–H and O–H groups in total. The molecule has 1 aromatic rings. The lowest BCUT2D eigenvalue weighted by Gasteiger charge is -2.09. The minimum atomic E-state index is -1.57. The second-order valence-electron chi connectivity index (χ2n) is 5.94. The molecule has 3 nitrogen and oxygen atoms in total. The molecule has 1 aliphatic rings. The van der Waals surface area contributed by atoms with Gasteiger partial charge >= 0.3 is 5.97 Å². The highest BCUT2D eigenvalue weighted by atomic mass is 19.2. The number of halogens is 4. The zero-order valence-electron chi connectivity index (χ0n) is 12.8. The number of hydrogen-bond donors (Lipinski definition) is 0. The van der Waals surface area contributed by atoms with Crippen LogP contribution in [0.25, 0.3) is 0 Å². The molecule has 1 aromatic carbocycles. The number of methoxy groups -OCH3 is 1. The minimum absolute atomic E-state index is 0.103. The van der Waals surface area contributed by atoms with Gasteiger partial charge < -0.3 is 9.47 Å². The first-order valence-corrected chi connectivity index (χ1v) is 6.89. The summed E-state index contributed by atoms with van der Waals surface area (Å²) in [6.45, 7) is 2.78. The lowest BCUT2D eigenvalue weighted by Crippen LogP contribution is -2.13. The monoisotopic (exact) mass is 332 g/mol. The number of carbonyl (C=O) groups is 1. The maximum absolute atomic E-state index is 13.5. The molecular formula is C16H16F4O3. The van der Waals surface area contributed by atoms with E-state index in [2.05, 4.69) is 0 Å². The van der Waals surface area contributed by atoms with E-state index >= 15 is 0 Å². The van der Waals surface area contributed by atoms with Crippen LogP contribution in [-0.4, -0.2) is 13.1 Å². The van der Waals surface area contributed by atoms with Gasteiger partial charge in [0.1, 0.15) is 6.61 Å². The largest absolute Gasteiger partial charge is 0.505 e. The molecule has 2 atom stereocenters. The van der Waals surface area contributed by atoms with Crippen molar-refractivity contribution in [3.8, 4) is 0 Å². The Kier molecular flexibility index (Phi) is 4.68. The zero-order chi connectivity index (χ0) is 17.4. The number of carbonyl (C=O) groups excluding carboxylic acids is 1. The topological polar surface area (TPSA) is 35.5 Å². The number of ether oxygens (including phenoxy) is 2. The molecule has 1 aliphatic carbocycles. The molecule has 126 valence electrons. The van der Waals surface area contributed by atoms with Crippen LogP contribution in [0.2, 0.25) is 0 Å². The summed E-state index contributed by atoms with van der Waals surface area (Å²) in [5.41, 5.74) is -1.34. The molecule has 7 heteroatoms. The Morgan fingerprint density at radius 1 is 1.22 bits per heavy atom. The smallest absolute Gasteiger partial charge is 0.310 e. The van der Waals surface area contributed by atoms with Gasteiger partial charge in [-0.2, -0.15) is 0 Å². The van der Waals surface area contributed by atoms with Gasteiger partial charge in [-0.25, -0.2) is 17.6 Å². The highest BCUT2D eigenvalue weighted by Crippen LogP contribution is 2.59. The normalized spacial score (nSPS) is 22.2. The Balaban J connectivity index is 2.08. The predicted octanol–water partition coefficient (Wildman–Crippen LogP) is 3.72. The minimum Gasteiger partial charge on any atom is -0.505 e. The Morgan fingerprint density at radius 3 is 2.30 bits per heavy atom. The molecule has 0 saturated heterocycles. The number of benzene rings is 1. The quantitative estimate of drug-likeness (QED) is 0.357. The average Bonchev–Trinajstić information content (AvgIpc) is 3.04. The van der Waals surface area contributed by atoms with Crippen molar-refractivity contribution in [1.29, 1.82) is 0 Å². The van der Waals surface area contributed by atoms with Crippen molar-refractivity contribution >= 4 is 5.97 Å². The standard InChI is InChI=1S/C16H16F4O3/c1-16(2)9(4-5-22-3)12(16)15(21)23-7-8-13(19)10(17)6-11(18)14(8)20/h4-6,9,12H,7H2,1-3H3/b5-4-/t9-,12+/m1/s1. The van der Waals surface area contributed by atoms with Gasteiger partial charge in [0, 0.05) is 6.07 Å². The third-order valence-corrected chi connectivity index (χ3v) is 4.15. The molecule has 0 bridgehead atoms. The Labute approximate surface area is 130 Å². The Hall–Kier alpha value is -2.05. The van der Waals surface area contributed by atoms with E-state index in [1.165, 1.54) is 13.4 Å². The van der Waals surface area contributed by atoms with Gasteiger partial charge in [0.15, 0.2) is 23.3 Å². The van der Waals surface area contributed by atoms with Gasteiger partial charge in [-0.15, -0.1) is 0 Å². The van der Waals surface area contributed by atoms with Crippen LogP contribution in [0.1, 0.15) is 19.4 Å². The van der Waals surface area contributed by atoms with Gasteiger partial charge in [0.25, 0.3) is 0 Å².